The van der Waals surface area contributed by atoms with E-state index in [2.05, 4.69) is 52.6 Å². The van der Waals surface area contributed by atoms with Gasteiger partial charge in [-0.2, -0.15) is 0 Å². The molecule has 0 N–H and O–H groups in total. The van der Waals surface area contributed by atoms with Crippen LogP contribution < -0.4 is 0 Å². The molecule has 0 saturated carbocycles. The monoisotopic (exact) mass is 190 g/mol. The summed E-state index contributed by atoms with van der Waals surface area (Å²) < 4.78 is 0. The summed E-state index contributed by atoms with van der Waals surface area (Å²) >= 11 is 0. The molecule has 77 valence electrons. The van der Waals surface area contributed by atoms with Crippen LogP contribution in [0.15, 0.2) is 12.4 Å². The average Bonchev–Trinajstić information content (AvgIpc) is 2.01. The van der Waals surface area contributed by atoms with Gasteiger partial charge >= 0.3 is 0 Å². The molecule has 0 bridgehead atoms. The van der Waals surface area contributed by atoms with Crippen molar-refractivity contribution in [2.75, 3.05) is 0 Å². The van der Waals surface area contributed by atoms with E-state index in [-0.39, 0.29) is 10.8 Å². The first-order valence-corrected chi connectivity index (χ1v) is 5.09. The molecule has 1 radical (unpaired) electrons. The first-order valence-electron chi connectivity index (χ1n) is 5.09. The van der Waals surface area contributed by atoms with Crippen LogP contribution >= 0.6 is 0 Å². The summed E-state index contributed by atoms with van der Waals surface area (Å²) in [6.45, 7) is 13.1. The molecule has 0 unspecified atom stereocenters. The highest BCUT2D eigenvalue weighted by Gasteiger charge is 2.19. The Kier molecular flexibility index (Phi) is 2.71. The summed E-state index contributed by atoms with van der Waals surface area (Å²) in [6, 6.07) is 3.46. The molecule has 1 nitrogen and oxygen atoms in total. The third kappa shape index (κ3) is 2.57. The van der Waals surface area contributed by atoms with E-state index in [1.807, 2.05) is 12.4 Å². The van der Waals surface area contributed by atoms with Crippen LogP contribution in [0.1, 0.15) is 52.7 Å². The topological polar surface area (TPSA) is 12.9 Å². The SMILES string of the molecule is CC(C)(C)c1[c]c(C(C)(C)C)cnc1. The van der Waals surface area contributed by atoms with Crippen LogP contribution in [0.5, 0.6) is 0 Å². The minimum absolute atomic E-state index is 0.133. The lowest BCUT2D eigenvalue weighted by Gasteiger charge is -2.23. The summed E-state index contributed by atoms with van der Waals surface area (Å²) in [6.07, 6.45) is 3.82. The predicted molar refractivity (Wildman–Crippen MR) is 60.5 cm³/mol. The Morgan fingerprint density at radius 2 is 1.21 bits per heavy atom. The Hall–Kier alpha value is -0.850. The van der Waals surface area contributed by atoms with Gasteiger partial charge < -0.3 is 0 Å². The summed E-state index contributed by atoms with van der Waals surface area (Å²) in [5, 5.41) is 0. The number of hydrogen-bond acceptors (Lipinski definition) is 1. The van der Waals surface area contributed by atoms with Gasteiger partial charge in [0.2, 0.25) is 0 Å². The van der Waals surface area contributed by atoms with Gasteiger partial charge in [0, 0.05) is 12.4 Å². The van der Waals surface area contributed by atoms with Crippen LogP contribution in [0.25, 0.3) is 0 Å². The lowest BCUT2D eigenvalue weighted by atomic mass is 9.82. The van der Waals surface area contributed by atoms with E-state index in [1.165, 1.54) is 11.1 Å². The molecule has 0 atom stereocenters. The Balaban J connectivity index is 3.15. The molecule has 0 fully saturated rings. The van der Waals surface area contributed by atoms with Crippen molar-refractivity contribution >= 4 is 0 Å². The molecule has 1 aromatic rings. The summed E-state index contributed by atoms with van der Waals surface area (Å²) in [7, 11) is 0. The number of rotatable bonds is 0. The summed E-state index contributed by atoms with van der Waals surface area (Å²) in [5.41, 5.74) is 2.64. The minimum atomic E-state index is 0.133. The van der Waals surface area contributed by atoms with Crippen molar-refractivity contribution in [2.24, 2.45) is 0 Å². The zero-order chi connectivity index (χ0) is 11.0. The van der Waals surface area contributed by atoms with Crippen molar-refractivity contribution in [3.8, 4) is 0 Å². The molecule has 1 heteroatoms. The second kappa shape index (κ2) is 3.38. The molecule has 1 aromatic heterocycles. The number of pyridine rings is 1. The molecule has 1 heterocycles. The van der Waals surface area contributed by atoms with Gasteiger partial charge in [0.15, 0.2) is 0 Å². The quantitative estimate of drug-likeness (QED) is 0.610. The van der Waals surface area contributed by atoms with Gasteiger partial charge in [-0.1, -0.05) is 41.5 Å². The van der Waals surface area contributed by atoms with Crippen LogP contribution in [-0.4, -0.2) is 4.98 Å². The number of aromatic nitrogens is 1. The van der Waals surface area contributed by atoms with E-state index in [0.29, 0.717) is 0 Å². The van der Waals surface area contributed by atoms with Crippen LogP contribution in [0.4, 0.5) is 0 Å². The molecule has 0 aliphatic rings. The van der Waals surface area contributed by atoms with E-state index in [9.17, 15) is 0 Å². The second-order valence-corrected chi connectivity index (χ2v) is 5.86. The van der Waals surface area contributed by atoms with Gasteiger partial charge in [-0.3, -0.25) is 4.98 Å². The van der Waals surface area contributed by atoms with Crippen molar-refractivity contribution < 1.29 is 0 Å². The molecular formula is C13H20N. The second-order valence-electron chi connectivity index (χ2n) is 5.86. The maximum absolute atomic E-state index is 4.29. The van der Waals surface area contributed by atoms with Crippen molar-refractivity contribution in [2.45, 2.75) is 52.4 Å². The van der Waals surface area contributed by atoms with Crippen molar-refractivity contribution in [3.05, 3.63) is 29.6 Å². The zero-order valence-electron chi connectivity index (χ0n) is 10.1. The molecule has 14 heavy (non-hydrogen) atoms. The largest absolute Gasteiger partial charge is 0.264 e. The summed E-state index contributed by atoms with van der Waals surface area (Å²) in [4.78, 5) is 4.29. The Morgan fingerprint density at radius 3 is 1.50 bits per heavy atom. The third-order valence-electron chi connectivity index (χ3n) is 2.29. The Morgan fingerprint density at radius 1 is 0.857 bits per heavy atom. The lowest BCUT2D eigenvalue weighted by Crippen LogP contribution is -2.17. The number of hydrogen-bond donors (Lipinski definition) is 0. The van der Waals surface area contributed by atoms with E-state index < -0.39 is 0 Å². The van der Waals surface area contributed by atoms with Gasteiger partial charge in [-0.25, -0.2) is 0 Å². The molecule has 0 saturated heterocycles. The summed E-state index contributed by atoms with van der Waals surface area (Å²) in [5.74, 6) is 0. The van der Waals surface area contributed by atoms with Gasteiger partial charge in [0.1, 0.15) is 0 Å². The van der Waals surface area contributed by atoms with E-state index >= 15 is 0 Å². The van der Waals surface area contributed by atoms with Gasteiger partial charge in [0.25, 0.3) is 0 Å². The van der Waals surface area contributed by atoms with Gasteiger partial charge in [0.05, 0.1) is 0 Å². The molecule has 1 rings (SSSR count). The molecule has 0 aliphatic carbocycles. The van der Waals surface area contributed by atoms with Crippen molar-refractivity contribution in [3.63, 3.8) is 0 Å². The zero-order valence-corrected chi connectivity index (χ0v) is 10.1. The molecule has 0 spiro atoms. The Bertz CT molecular complexity index is 283. The van der Waals surface area contributed by atoms with E-state index in [0.717, 1.165) is 0 Å². The number of nitrogens with zero attached hydrogens (tertiary/aromatic N) is 1. The predicted octanol–water partition coefficient (Wildman–Crippen LogP) is 3.48. The van der Waals surface area contributed by atoms with Gasteiger partial charge in [-0.15, -0.1) is 0 Å². The Labute approximate surface area is 87.6 Å². The normalized spacial score (nSPS) is 13.0. The van der Waals surface area contributed by atoms with E-state index in [1.54, 1.807) is 0 Å². The first-order chi connectivity index (χ1) is 6.21. The van der Waals surface area contributed by atoms with Crippen molar-refractivity contribution in [1.29, 1.82) is 0 Å². The molecular weight excluding hydrogens is 170 g/mol. The highest BCUT2D eigenvalue weighted by atomic mass is 14.6. The highest BCUT2D eigenvalue weighted by Crippen LogP contribution is 2.26. The minimum Gasteiger partial charge on any atom is -0.264 e. The standard InChI is InChI=1S/C13H20N/c1-12(2,3)10-7-11(9-14-8-10)13(4,5)6/h8-9H,1-6H3. The van der Waals surface area contributed by atoms with Crippen LogP contribution in [0, 0.1) is 6.07 Å². The van der Waals surface area contributed by atoms with Crippen LogP contribution in [-0.2, 0) is 10.8 Å². The van der Waals surface area contributed by atoms with Gasteiger partial charge in [-0.05, 0) is 28.0 Å². The molecule has 0 aliphatic heterocycles. The maximum atomic E-state index is 4.29. The maximum Gasteiger partial charge on any atom is 0.0311 e. The lowest BCUT2D eigenvalue weighted by molar-refractivity contribution is 0.561. The fraction of sp³-hybridized carbons (Fsp3) is 0.615. The molecule has 0 amide bonds. The van der Waals surface area contributed by atoms with E-state index in [4.69, 9.17) is 0 Å². The highest BCUT2D eigenvalue weighted by molar-refractivity contribution is 5.26. The fourth-order valence-electron chi connectivity index (χ4n) is 1.16. The first kappa shape index (κ1) is 11.2. The fourth-order valence-corrected chi connectivity index (χ4v) is 1.16. The third-order valence-corrected chi connectivity index (χ3v) is 2.29. The van der Waals surface area contributed by atoms with Crippen molar-refractivity contribution in [1.82, 2.24) is 4.98 Å². The smallest absolute Gasteiger partial charge is 0.0311 e. The average molecular weight is 190 g/mol. The molecule has 0 aromatic carbocycles. The van der Waals surface area contributed by atoms with Crippen LogP contribution in [0.2, 0.25) is 0 Å². The van der Waals surface area contributed by atoms with Crippen LogP contribution in [0.3, 0.4) is 0 Å².